The molecule has 1 unspecified atom stereocenters. The number of ether oxygens (including phenoxy) is 1. The van der Waals surface area contributed by atoms with Gasteiger partial charge in [0.15, 0.2) is 5.75 Å². The summed E-state index contributed by atoms with van der Waals surface area (Å²) in [5.74, 6) is 0.791. The zero-order valence-electron chi connectivity index (χ0n) is 7.73. The third kappa shape index (κ3) is 1.46. The van der Waals surface area contributed by atoms with Gasteiger partial charge in [-0.15, -0.1) is 0 Å². The number of halogens is 1. The molecule has 0 spiro atoms. The molecule has 2 rings (SSSR count). The summed E-state index contributed by atoms with van der Waals surface area (Å²) in [6, 6.07) is 4.22. The quantitative estimate of drug-likeness (QED) is 0.691. The van der Waals surface area contributed by atoms with Gasteiger partial charge in [-0.25, -0.2) is 0 Å². The van der Waals surface area contributed by atoms with Gasteiger partial charge in [0.1, 0.15) is 6.61 Å². The minimum absolute atomic E-state index is 0.352. The van der Waals surface area contributed by atoms with Crippen molar-refractivity contribution in [3.63, 3.8) is 0 Å². The molecule has 1 aromatic carbocycles. The van der Waals surface area contributed by atoms with Crippen LogP contribution in [0, 0.1) is 6.92 Å². The van der Waals surface area contributed by atoms with Crippen LogP contribution in [0.5, 0.6) is 5.75 Å². The molecular formula is C10H12ClNO. The van der Waals surface area contributed by atoms with Crippen molar-refractivity contribution in [3.05, 3.63) is 22.7 Å². The molecule has 0 amide bonds. The molecule has 1 heterocycles. The smallest absolute Gasteiger partial charge is 0.161 e. The van der Waals surface area contributed by atoms with E-state index in [2.05, 4.69) is 12.2 Å². The number of fused-ring (bicyclic) bond motifs is 1. The normalized spacial score (nSPS) is 20.1. The lowest BCUT2D eigenvalue weighted by atomic mass is 10.1. The molecule has 0 radical (unpaired) electrons. The lowest BCUT2D eigenvalue weighted by Gasteiger charge is -2.26. The Hall–Kier alpha value is -0.890. The second kappa shape index (κ2) is 3.11. The summed E-state index contributed by atoms with van der Waals surface area (Å²) in [5.41, 5.74) is 2.21. The van der Waals surface area contributed by atoms with Crippen LogP contribution in [0.2, 0.25) is 5.02 Å². The highest BCUT2D eigenvalue weighted by atomic mass is 35.5. The van der Waals surface area contributed by atoms with Crippen LogP contribution in [0.15, 0.2) is 12.1 Å². The van der Waals surface area contributed by atoms with Gasteiger partial charge in [0.05, 0.1) is 16.8 Å². The highest BCUT2D eigenvalue weighted by Crippen LogP contribution is 2.38. The SMILES string of the molecule is Cc1ccc(Cl)c2c1NC(C)CO2. The average Bonchev–Trinajstić information content (AvgIpc) is 2.12. The van der Waals surface area contributed by atoms with Crippen molar-refractivity contribution in [2.75, 3.05) is 11.9 Å². The van der Waals surface area contributed by atoms with Crippen LogP contribution < -0.4 is 10.1 Å². The Labute approximate surface area is 82.9 Å². The van der Waals surface area contributed by atoms with Crippen molar-refractivity contribution < 1.29 is 4.74 Å². The molecule has 0 fully saturated rings. The Morgan fingerprint density at radius 1 is 1.54 bits per heavy atom. The Kier molecular flexibility index (Phi) is 2.08. The molecule has 1 aromatic rings. The maximum absolute atomic E-state index is 6.00. The molecular weight excluding hydrogens is 186 g/mol. The molecule has 0 saturated carbocycles. The average molecular weight is 198 g/mol. The molecule has 3 heteroatoms. The summed E-state index contributed by atoms with van der Waals surface area (Å²) >= 11 is 6.00. The van der Waals surface area contributed by atoms with E-state index in [9.17, 15) is 0 Å². The number of rotatable bonds is 0. The van der Waals surface area contributed by atoms with Crippen molar-refractivity contribution in [3.8, 4) is 5.75 Å². The second-order valence-electron chi connectivity index (χ2n) is 3.42. The molecule has 70 valence electrons. The number of hydrogen-bond donors (Lipinski definition) is 1. The van der Waals surface area contributed by atoms with Crippen molar-refractivity contribution in [1.82, 2.24) is 0 Å². The van der Waals surface area contributed by atoms with Crippen molar-refractivity contribution in [2.24, 2.45) is 0 Å². The minimum Gasteiger partial charge on any atom is -0.488 e. The summed E-state index contributed by atoms with van der Waals surface area (Å²) in [7, 11) is 0. The number of anilines is 1. The molecule has 1 aliphatic rings. The van der Waals surface area contributed by atoms with E-state index in [0.717, 1.165) is 11.4 Å². The molecule has 0 aliphatic carbocycles. The van der Waals surface area contributed by atoms with Gasteiger partial charge in [-0.1, -0.05) is 17.7 Å². The van der Waals surface area contributed by atoms with Gasteiger partial charge in [-0.2, -0.15) is 0 Å². The summed E-state index contributed by atoms with van der Waals surface area (Å²) < 4.78 is 5.55. The van der Waals surface area contributed by atoms with Gasteiger partial charge in [0, 0.05) is 0 Å². The van der Waals surface area contributed by atoms with Crippen LogP contribution in [0.1, 0.15) is 12.5 Å². The van der Waals surface area contributed by atoms with Gasteiger partial charge in [-0.05, 0) is 25.5 Å². The summed E-state index contributed by atoms with van der Waals surface area (Å²) in [6.07, 6.45) is 0. The van der Waals surface area contributed by atoms with E-state index in [-0.39, 0.29) is 0 Å². The second-order valence-corrected chi connectivity index (χ2v) is 3.83. The van der Waals surface area contributed by atoms with Crippen LogP contribution in [0.4, 0.5) is 5.69 Å². The predicted molar refractivity (Wildman–Crippen MR) is 54.8 cm³/mol. The van der Waals surface area contributed by atoms with E-state index in [1.54, 1.807) is 0 Å². The van der Waals surface area contributed by atoms with E-state index < -0.39 is 0 Å². The zero-order chi connectivity index (χ0) is 9.42. The Morgan fingerprint density at radius 3 is 3.08 bits per heavy atom. The predicted octanol–water partition coefficient (Wildman–Crippen LogP) is 2.84. The maximum atomic E-state index is 6.00. The first-order valence-electron chi connectivity index (χ1n) is 4.37. The fourth-order valence-corrected chi connectivity index (χ4v) is 1.68. The number of nitrogens with one attached hydrogen (secondary N) is 1. The summed E-state index contributed by atoms with van der Waals surface area (Å²) in [5, 5.41) is 4.04. The van der Waals surface area contributed by atoms with Crippen LogP contribution in [-0.4, -0.2) is 12.6 Å². The van der Waals surface area contributed by atoms with Crippen LogP contribution in [0.3, 0.4) is 0 Å². The lowest BCUT2D eigenvalue weighted by Crippen LogP contribution is -2.28. The van der Waals surface area contributed by atoms with Gasteiger partial charge < -0.3 is 10.1 Å². The van der Waals surface area contributed by atoms with Gasteiger partial charge in [0.25, 0.3) is 0 Å². The van der Waals surface area contributed by atoms with Crippen LogP contribution >= 0.6 is 11.6 Å². The van der Waals surface area contributed by atoms with Crippen LogP contribution in [-0.2, 0) is 0 Å². The molecule has 0 bridgehead atoms. The third-order valence-electron chi connectivity index (χ3n) is 2.19. The summed E-state index contributed by atoms with van der Waals surface area (Å²) in [4.78, 5) is 0. The fourth-order valence-electron chi connectivity index (χ4n) is 1.47. The Morgan fingerprint density at radius 2 is 2.31 bits per heavy atom. The Balaban J connectivity index is 2.51. The molecule has 2 nitrogen and oxygen atoms in total. The molecule has 0 aromatic heterocycles. The zero-order valence-corrected chi connectivity index (χ0v) is 8.48. The van der Waals surface area contributed by atoms with Crippen LogP contribution in [0.25, 0.3) is 0 Å². The first-order valence-corrected chi connectivity index (χ1v) is 4.74. The molecule has 13 heavy (non-hydrogen) atoms. The van der Waals surface area contributed by atoms with E-state index >= 15 is 0 Å². The minimum atomic E-state index is 0.352. The highest BCUT2D eigenvalue weighted by Gasteiger charge is 2.19. The first kappa shape index (κ1) is 8.70. The molecule has 1 N–H and O–H groups in total. The first-order chi connectivity index (χ1) is 6.18. The Bertz CT molecular complexity index is 338. The maximum Gasteiger partial charge on any atom is 0.161 e. The number of hydrogen-bond acceptors (Lipinski definition) is 2. The topological polar surface area (TPSA) is 21.3 Å². The summed E-state index contributed by atoms with van der Waals surface area (Å²) in [6.45, 7) is 4.81. The standard InChI is InChI=1S/C10H12ClNO/c1-6-3-4-8(11)10-9(6)12-7(2)5-13-10/h3-4,7,12H,5H2,1-2H3. The highest BCUT2D eigenvalue weighted by molar-refractivity contribution is 6.32. The molecule has 0 saturated heterocycles. The molecule has 1 atom stereocenters. The largest absolute Gasteiger partial charge is 0.488 e. The van der Waals surface area contributed by atoms with Crippen molar-refractivity contribution in [1.29, 1.82) is 0 Å². The number of aryl methyl sites for hydroxylation is 1. The van der Waals surface area contributed by atoms with Gasteiger partial charge in [-0.3, -0.25) is 0 Å². The van der Waals surface area contributed by atoms with E-state index in [1.165, 1.54) is 5.56 Å². The third-order valence-corrected chi connectivity index (χ3v) is 2.48. The van der Waals surface area contributed by atoms with E-state index in [1.807, 2.05) is 19.1 Å². The van der Waals surface area contributed by atoms with E-state index in [0.29, 0.717) is 17.7 Å². The molecule has 1 aliphatic heterocycles. The lowest BCUT2D eigenvalue weighted by molar-refractivity contribution is 0.292. The van der Waals surface area contributed by atoms with Crippen molar-refractivity contribution in [2.45, 2.75) is 19.9 Å². The number of benzene rings is 1. The monoisotopic (exact) mass is 197 g/mol. The van der Waals surface area contributed by atoms with Gasteiger partial charge >= 0.3 is 0 Å². The van der Waals surface area contributed by atoms with Crippen molar-refractivity contribution >= 4 is 17.3 Å². The van der Waals surface area contributed by atoms with Gasteiger partial charge in [0.2, 0.25) is 0 Å². The fraction of sp³-hybridized carbons (Fsp3) is 0.400. The van der Waals surface area contributed by atoms with E-state index in [4.69, 9.17) is 16.3 Å².